The van der Waals surface area contributed by atoms with Gasteiger partial charge in [0, 0.05) is 63.9 Å². The van der Waals surface area contributed by atoms with E-state index in [0.717, 1.165) is 12.0 Å². The van der Waals surface area contributed by atoms with Gasteiger partial charge in [0.2, 0.25) is 23.6 Å². The van der Waals surface area contributed by atoms with Gasteiger partial charge in [-0.25, -0.2) is 0 Å². The Morgan fingerprint density at radius 3 is 2.68 bits per heavy atom. The zero-order valence-electron chi connectivity index (χ0n) is 23.8. The number of allylic oxidation sites excluding steroid dienone is 2. The Morgan fingerprint density at radius 2 is 1.93 bits per heavy atom. The number of hydrogen-bond donors (Lipinski definition) is 2. The molecule has 3 aliphatic rings. The number of amides is 3. The van der Waals surface area contributed by atoms with Crippen molar-refractivity contribution in [2.75, 3.05) is 26.3 Å². The Hall–Kier alpha value is -3.53. The second-order valence-electron chi connectivity index (χ2n) is 11.5. The number of nitrogens with one attached hydrogen (secondary N) is 2. The van der Waals surface area contributed by atoms with Gasteiger partial charge < -0.3 is 24.8 Å². The minimum absolute atomic E-state index is 0.0523. The van der Waals surface area contributed by atoms with Crippen molar-refractivity contribution in [3.05, 3.63) is 59.8 Å². The molecule has 1 spiro atoms. The fraction of sp³-hybridized carbons (Fsp3) is 0.581. The van der Waals surface area contributed by atoms with Crippen LogP contribution in [0.5, 0.6) is 0 Å². The number of ether oxygens (including phenoxy) is 1. The standard InChI is InChI=1S/C31H41N5O5/c1-2-26-34-27(41-35-26)11-12-28(37)36-17-13-24-23(21-36)10-6-7-14-31(15-18-40-19-16-31)30(39)33-25(29(38)32-24)20-22-8-4-3-5-9-22/h3-9,23-25H,2,10-21H2,1H3,(H,32,38)(H,33,39)/b7-6+/t23-,24+,25-/m0/s1. The quantitative estimate of drug-likeness (QED) is 0.518. The van der Waals surface area contributed by atoms with Gasteiger partial charge in [0.25, 0.3) is 0 Å². The lowest BCUT2D eigenvalue weighted by molar-refractivity contribution is -0.140. The van der Waals surface area contributed by atoms with Crippen LogP contribution in [0.4, 0.5) is 0 Å². The smallest absolute Gasteiger partial charge is 0.243 e. The molecular formula is C31H41N5O5. The molecule has 1 aromatic carbocycles. The number of piperidine rings is 1. The highest BCUT2D eigenvalue weighted by Crippen LogP contribution is 2.36. The number of aromatic nitrogens is 2. The van der Waals surface area contributed by atoms with E-state index in [-0.39, 0.29) is 29.7 Å². The van der Waals surface area contributed by atoms with Crippen LogP contribution in [-0.4, -0.2) is 71.1 Å². The van der Waals surface area contributed by atoms with Gasteiger partial charge in [-0.2, -0.15) is 4.98 Å². The predicted molar refractivity (Wildman–Crippen MR) is 152 cm³/mol. The van der Waals surface area contributed by atoms with Crippen LogP contribution < -0.4 is 10.6 Å². The van der Waals surface area contributed by atoms with Gasteiger partial charge in [-0.15, -0.1) is 0 Å². The molecule has 3 aliphatic heterocycles. The van der Waals surface area contributed by atoms with E-state index in [1.807, 2.05) is 42.2 Å². The van der Waals surface area contributed by atoms with Gasteiger partial charge >= 0.3 is 0 Å². The molecule has 0 unspecified atom stereocenters. The third-order valence-electron chi connectivity index (χ3n) is 8.74. The molecule has 0 aliphatic carbocycles. The Kier molecular flexibility index (Phi) is 9.49. The Morgan fingerprint density at radius 1 is 1.12 bits per heavy atom. The summed E-state index contributed by atoms with van der Waals surface area (Å²) < 4.78 is 10.8. The maximum Gasteiger partial charge on any atom is 0.243 e. The van der Waals surface area contributed by atoms with Crippen LogP contribution in [-0.2, 0) is 38.4 Å². The minimum atomic E-state index is -0.684. The normalized spacial score (nSPS) is 25.8. The summed E-state index contributed by atoms with van der Waals surface area (Å²) >= 11 is 0. The maximum atomic E-state index is 13.7. The van der Waals surface area contributed by atoms with Crippen LogP contribution >= 0.6 is 0 Å². The average Bonchev–Trinajstić information content (AvgIpc) is 3.47. The molecule has 2 fully saturated rings. The van der Waals surface area contributed by atoms with Crippen LogP contribution in [0.15, 0.2) is 47.0 Å². The number of hydrogen-bond acceptors (Lipinski definition) is 7. The van der Waals surface area contributed by atoms with Crippen molar-refractivity contribution in [1.29, 1.82) is 0 Å². The first kappa shape index (κ1) is 29.0. The van der Waals surface area contributed by atoms with Crippen molar-refractivity contribution in [2.24, 2.45) is 11.3 Å². The number of benzene rings is 1. The van der Waals surface area contributed by atoms with E-state index < -0.39 is 11.5 Å². The molecule has 10 nitrogen and oxygen atoms in total. The van der Waals surface area contributed by atoms with Gasteiger partial charge in [-0.3, -0.25) is 14.4 Å². The highest BCUT2D eigenvalue weighted by molar-refractivity contribution is 5.90. The number of carbonyl (C=O) groups excluding carboxylic acids is 3. The number of aryl methyl sites for hydroxylation is 2. The number of likely N-dealkylation sites (tertiary alicyclic amines) is 1. The summed E-state index contributed by atoms with van der Waals surface area (Å²) in [4.78, 5) is 46.8. The molecule has 0 saturated carbocycles. The summed E-state index contributed by atoms with van der Waals surface area (Å²) in [7, 11) is 0. The van der Waals surface area contributed by atoms with E-state index in [9.17, 15) is 14.4 Å². The van der Waals surface area contributed by atoms with Crippen molar-refractivity contribution in [1.82, 2.24) is 25.7 Å². The zero-order valence-corrected chi connectivity index (χ0v) is 23.8. The lowest BCUT2D eigenvalue weighted by Crippen LogP contribution is -2.58. The molecule has 10 heteroatoms. The highest BCUT2D eigenvalue weighted by Gasteiger charge is 2.41. The third kappa shape index (κ3) is 7.22. The van der Waals surface area contributed by atoms with Crippen molar-refractivity contribution >= 4 is 17.7 Å². The molecule has 2 aromatic rings. The molecule has 1 aromatic heterocycles. The van der Waals surface area contributed by atoms with E-state index >= 15 is 0 Å². The van der Waals surface area contributed by atoms with Gasteiger partial charge in [0.1, 0.15) is 6.04 Å². The molecule has 5 rings (SSSR count). The van der Waals surface area contributed by atoms with E-state index in [1.54, 1.807) is 0 Å². The van der Waals surface area contributed by atoms with Gasteiger partial charge in [0.15, 0.2) is 5.82 Å². The van der Waals surface area contributed by atoms with Gasteiger partial charge in [0.05, 0.1) is 5.41 Å². The monoisotopic (exact) mass is 563 g/mol. The molecule has 0 radical (unpaired) electrons. The van der Waals surface area contributed by atoms with Crippen LogP contribution in [0.25, 0.3) is 0 Å². The first-order valence-corrected chi connectivity index (χ1v) is 14.9. The number of rotatable bonds is 6. The van der Waals surface area contributed by atoms with Crippen molar-refractivity contribution in [3.8, 4) is 0 Å². The fourth-order valence-electron chi connectivity index (χ4n) is 6.11. The maximum absolute atomic E-state index is 13.7. The molecule has 220 valence electrons. The molecular weight excluding hydrogens is 522 g/mol. The van der Waals surface area contributed by atoms with Crippen molar-refractivity contribution in [3.63, 3.8) is 0 Å². The Balaban J connectivity index is 1.31. The van der Waals surface area contributed by atoms with Crippen LogP contribution in [0, 0.1) is 11.3 Å². The topological polar surface area (TPSA) is 127 Å². The summed E-state index contributed by atoms with van der Waals surface area (Å²) in [5.41, 5.74) is 0.397. The van der Waals surface area contributed by atoms with Crippen LogP contribution in [0.2, 0.25) is 0 Å². The fourth-order valence-corrected chi connectivity index (χ4v) is 6.11. The van der Waals surface area contributed by atoms with Crippen LogP contribution in [0.3, 0.4) is 0 Å². The van der Waals surface area contributed by atoms with Crippen molar-refractivity contribution < 1.29 is 23.6 Å². The number of carbonyl (C=O) groups is 3. The second-order valence-corrected chi connectivity index (χ2v) is 11.5. The van der Waals surface area contributed by atoms with E-state index in [0.29, 0.717) is 89.4 Å². The van der Waals surface area contributed by atoms with E-state index in [4.69, 9.17) is 9.26 Å². The summed E-state index contributed by atoms with van der Waals surface area (Å²) in [6.07, 6.45) is 9.28. The molecule has 4 heterocycles. The highest BCUT2D eigenvalue weighted by atomic mass is 16.5. The SMILES string of the molecule is CCc1noc(CCC(=O)N2CC[C@H]3NC(=O)[C@H](Cc4ccccc4)NC(=O)C4(C/C=C/C[C@H]3C2)CCOCC4)n1. The number of nitrogens with zero attached hydrogens (tertiary/aromatic N) is 3. The first-order valence-electron chi connectivity index (χ1n) is 14.9. The van der Waals surface area contributed by atoms with Crippen LogP contribution in [0.1, 0.15) is 62.7 Å². The lowest BCUT2D eigenvalue weighted by atomic mass is 9.75. The molecule has 2 N–H and O–H groups in total. The third-order valence-corrected chi connectivity index (χ3v) is 8.74. The summed E-state index contributed by atoms with van der Waals surface area (Å²) in [6.45, 7) is 4.14. The van der Waals surface area contributed by atoms with Gasteiger partial charge in [-0.1, -0.05) is 54.6 Å². The predicted octanol–water partition coefficient (Wildman–Crippen LogP) is 2.77. The Bertz CT molecular complexity index is 1220. The van der Waals surface area contributed by atoms with E-state index in [2.05, 4.69) is 32.9 Å². The summed E-state index contributed by atoms with van der Waals surface area (Å²) in [6, 6.07) is 9.01. The zero-order chi connectivity index (χ0) is 28.7. The van der Waals surface area contributed by atoms with Crippen molar-refractivity contribution in [2.45, 2.75) is 76.8 Å². The second kappa shape index (κ2) is 13.4. The Labute approximate surface area is 241 Å². The minimum Gasteiger partial charge on any atom is -0.381 e. The van der Waals surface area contributed by atoms with E-state index in [1.165, 1.54) is 0 Å². The largest absolute Gasteiger partial charge is 0.381 e. The van der Waals surface area contributed by atoms with Gasteiger partial charge in [-0.05, 0) is 37.7 Å². The molecule has 2 saturated heterocycles. The first-order chi connectivity index (χ1) is 20.0. The summed E-state index contributed by atoms with van der Waals surface area (Å²) in [5.74, 6) is 1.00. The molecule has 3 atom stereocenters. The summed E-state index contributed by atoms with van der Waals surface area (Å²) in [5, 5.41) is 10.3. The lowest BCUT2D eigenvalue weighted by Gasteiger charge is -2.40. The molecule has 3 amide bonds. The average molecular weight is 564 g/mol. The number of fused-ring (bicyclic) bond motifs is 1. The molecule has 41 heavy (non-hydrogen) atoms. The molecule has 0 bridgehead atoms.